The van der Waals surface area contributed by atoms with Gasteiger partial charge < -0.3 is 15.1 Å². The van der Waals surface area contributed by atoms with E-state index in [4.69, 9.17) is 0 Å². The number of hydrogen-bond donors (Lipinski definition) is 1. The van der Waals surface area contributed by atoms with Gasteiger partial charge in [0.25, 0.3) is 5.91 Å². The molecule has 1 aromatic carbocycles. The topological polar surface area (TPSA) is 69.7 Å². The fourth-order valence-electron chi connectivity index (χ4n) is 4.96. The van der Waals surface area contributed by atoms with Crippen molar-refractivity contribution in [2.24, 2.45) is 0 Å². The molecule has 2 heterocycles. The summed E-state index contributed by atoms with van der Waals surface area (Å²) in [6.07, 6.45) is 6.24. The van der Waals surface area contributed by atoms with Crippen molar-refractivity contribution in [3.63, 3.8) is 0 Å². The number of carbonyl (C=O) groups excluding carboxylic acids is 3. The van der Waals surface area contributed by atoms with E-state index >= 15 is 0 Å². The standard InChI is InChI=1S/C24H30FN3O3/c25-18-10-8-17(9-11-18)16-28-21-6-2-1-5-19(21)20(24(28)31)15-22(29)26-12-4-14-27-13-3-7-23(27)30/h8-11,21H,1-7,12-16H2,(H,26,29). The molecule has 0 bridgehead atoms. The summed E-state index contributed by atoms with van der Waals surface area (Å²) in [6.45, 7) is 2.41. The van der Waals surface area contributed by atoms with Crippen LogP contribution in [0.5, 0.6) is 0 Å². The van der Waals surface area contributed by atoms with Crippen LogP contribution in [-0.2, 0) is 20.9 Å². The first-order chi connectivity index (χ1) is 15.0. The van der Waals surface area contributed by atoms with E-state index in [2.05, 4.69) is 5.32 Å². The van der Waals surface area contributed by atoms with Gasteiger partial charge in [0.15, 0.2) is 0 Å². The molecular weight excluding hydrogens is 397 g/mol. The van der Waals surface area contributed by atoms with Crippen molar-refractivity contribution in [3.8, 4) is 0 Å². The van der Waals surface area contributed by atoms with E-state index in [0.717, 1.165) is 56.2 Å². The van der Waals surface area contributed by atoms with Gasteiger partial charge in [-0.15, -0.1) is 0 Å². The number of rotatable bonds is 8. The summed E-state index contributed by atoms with van der Waals surface area (Å²) in [4.78, 5) is 41.1. The lowest BCUT2D eigenvalue weighted by Crippen LogP contribution is -2.36. The SMILES string of the molecule is O=C(CC1=C2CCCCC2N(Cc2ccc(F)cc2)C1=O)NCCCN1CCCC1=O. The van der Waals surface area contributed by atoms with Crippen molar-refractivity contribution in [3.05, 3.63) is 46.8 Å². The number of carbonyl (C=O) groups is 3. The lowest BCUT2D eigenvalue weighted by molar-refractivity contribution is -0.129. The fraction of sp³-hybridized carbons (Fsp3) is 0.542. The molecule has 2 fully saturated rings. The van der Waals surface area contributed by atoms with Gasteiger partial charge in [-0.05, 0) is 55.4 Å². The van der Waals surface area contributed by atoms with Crippen molar-refractivity contribution in [2.45, 2.75) is 64.0 Å². The zero-order valence-corrected chi connectivity index (χ0v) is 17.9. The van der Waals surface area contributed by atoms with Crippen LogP contribution in [0.4, 0.5) is 4.39 Å². The molecule has 1 atom stereocenters. The maximum absolute atomic E-state index is 13.2. The van der Waals surface area contributed by atoms with Gasteiger partial charge in [0, 0.05) is 38.2 Å². The van der Waals surface area contributed by atoms with E-state index in [1.807, 2.05) is 9.80 Å². The highest BCUT2D eigenvalue weighted by molar-refractivity contribution is 6.02. The van der Waals surface area contributed by atoms with Crippen LogP contribution in [0.15, 0.2) is 35.4 Å². The highest BCUT2D eigenvalue weighted by Gasteiger charge is 2.40. The van der Waals surface area contributed by atoms with Crippen LogP contribution in [0, 0.1) is 5.82 Å². The summed E-state index contributed by atoms with van der Waals surface area (Å²) in [7, 11) is 0. The molecule has 3 amide bonds. The monoisotopic (exact) mass is 427 g/mol. The fourth-order valence-corrected chi connectivity index (χ4v) is 4.96. The van der Waals surface area contributed by atoms with Gasteiger partial charge in [0.05, 0.1) is 12.5 Å². The van der Waals surface area contributed by atoms with E-state index in [1.165, 1.54) is 12.1 Å². The van der Waals surface area contributed by atoms with E-state index < -0.39 is 0 Å². The van der Waals surface area contributed by atoms with Crippen LogP contribution >= 0.6 is 0 Å². The van der Waals surface area contributed by atoms with Crippen molar-refractivity contribution in [1.29, 1.82) is 0 Å². The van der Waals surface area contributed by atoms with Gasteiger partial charge in [0.1, 0.15) is 5.82 Å². The molecule has 1 saturated heterocycles. The Labute approximate surface area is 182 Å². The Hall–Kier alpha value is -2.70. The molecule has 3 aliphatic rings. The summed E-state index contributed by atoms with van der Waals surface area (Å²) in [5.74, 6) is -0.306. The lowest BCUT2D eigenvalue weighted by atomic mass is 9.88. The minimum Gasteiger partial charge on any atom is -0.356 e. The van der Waals surface area contributed by atoms with Crippen LogP contribution in [-0.4, -0.2) is 53.2 Å². The Balaban J connectivity index is 1.33. The smallest absolute Gasteiger partial charge is 0.251 e. The average Bonchev–Trinajstić information content (AvgIpc) is 3.29. The number of nitrogens with one attached hydrogen (secondary N) is 1. The first-order valence-corrected chi connectivity index (χ1v) is 11.3. The maximum atomic E-state index is 13.2. The van der Waals surface area contributed by atoms with Crippen molar-refractivity contribution in [1.82, 2.24) is 15.1 Å². The highest BCUT2D eigenvalue weighted by Crippen LogP contribution is 2.38. The van der Waals surface area contributed by atoms with E-state index in [9.17, 15) is 18.8 Å². The van der Waals surface area contributed by atoms with Gasteiger partial charge in [0.2, 0.25) is 11.8 Å². The molecular formula is C24H30FN3O3. The normalized spacial score (nSPS) is 21.1. The predicted octanol–water partition coefficient (Wildman–Crippen LogP) is 2.93. The van der Waals surface area contributed by atoms with Gasteiger partial charge >= 0.3 is 0 Å². The Morgan fingerprint density at radius 2 is 1.90 bits per heavy atom. The van der Waals surface area contributed by atoms with Crippen molar-refractivity contribution >= 4 is 17.7 Å². The van der Waals surface area contributed by atoms with Crippen LogP contribution in [0.2, 0.25) is 0 Å². The Morgan fingerprint density at radius 1 is 1.10 bits per heavy atom. The third kappa shape index (κ3) is 4.97. The van der Waals surface area contributed by atoms with Crippen LogP contribution in [0.25, 0.3) is 0 Å². The minimum absolute atomic E-state index is 0.0512. The molecule has 1 saturated carbocycles. The molecule has 1 aromatic rings. The number of amides is 3. The van der Waals surface area contributed by atoms with Crippen LogP contribution in [0.3, 0.4) is 0 Å². The summed E-state index contributed by atoms with van der Waals surface area (Å²) < 4.78 is 13.2. The molecule has 0 aromatic heterocycles. The van der Waals surface area contributed by atoms with Gasteiger partial charge in [-0.1, -0.05) is 18.6 Å². The molecule has 2 aliphatic heterocycles. The molecule has 1 aliphatic carbocycles. The molecule has 6 nitrogen and oxygen atoms in total. The quantitative estimate of drug-likeness (QED) is 0.649. The maximum Gasteiger partial charge on any atom is 0.251 e. The average molecular weight is 428 g/mol. The molecule has 166 valence electrons. The Kier molecular flexibility index (Phi) is 6.68. The first kappa shape index (κ1) is 21.5. The molecule has 4 rings (SSSR count). The number of likely N-dealkylation sites (tertiary alicyclic amines) is 1. The third-order valence-electron chi connectivity index (χ3n) is 6.56. The summed E-state index contributed by atoms with van der Waals surface area (Å²) in [6, 6.07) is 6.29. The van der Waals surface area contributed by atoms with Gasteiger partial charge in [-0.2, -0.15) is 0 Å². The zero-order valence-electron chi connectivity index (χ0n) is 17.9. The second-order valence-electron chi connectivity index (χ2n) is 8.69. The Morgan fingerprint density at radius 3 is 2.65 bits per heavy atom. The summed E-state index contributed by atoms with van der Waals surface area (Å²) in [5, 5.41) is 2.91. The number of benzene rings is 1. The highest BCUT2D eigenvalue weighted by atomic mass is 19.1. The largest absolute Gasteiger partial charge is 0.356 e. The first-order valence-electron chi connectivity index (χ1n) is 11.3. The summed E-state index contributed by atoms with van der Waals surface area (Å²) in [5.41, 5.74) is 2.64. The van der Waals surface area contributed by atoms with Gasteiger partial charge in [-0.3, -0.25) is 14.4 Å². The molecule has 0 spiro atoms. The molecule has 0 radical (unpaired) electrons. The molecule has 7 heteroatoms. The summed E-state index contributed by atoms with van der Waals surface area (Å²) >= 11 is 0. The second-order valence-corrected chi connectivity index (χ2v) is 8.69. The van der Waals surface area contributed by atoms with E-state index in [1.54, 1.807) is 12.1 Å². The van der Waals surface area contributed by atoms with Gasteiger partial charge in [-0.25, -0.2) is 4.39 Å². The number of halogens is 1. The number of nitrogens with zero attached hydrogens (tertiary/aromatic N) is 2. The molecule has 1 N–H and O–H groups in total. The molecule has 1 unspecified atom stereocenters. The number of hydrogen-bond acceptors (Lipinski definition) is 3. The third-order valence-corrected chi connectivity index (χ3v) is 6.56. The van der Waals surface area contributed by atoms with Crippen LogP contribution < -0.4 is 5.32 Å². The van der Waals surface area contributed by atoms with E-state index in [0.29, 0.717) is 31.6 Å². The van der Waals surface area contributed by atoms with E-state index in [-0.39, 0.29) is 36.0 Å². The zero-order chi connectivity index (χ0) is 21.8. The Bertz CT molecular complexity index is 881. The number of fused-ring (bicyclic) bond motifs is 1. The van der Waals surface area contributed by atoms with Crippen molar-refractivity contribution < 1.29 is 18.8 Å². The second kappa shape index (κ2) is 9.62. The molecule has 31 heavy (non-hydrogen) atoms. The lowest BCUT2D eigenvalue weighted by Gasteiger charge is -2.30. The minimum atomic E-state index is -0.292. The van der Waals surface area contributed by atoms with Crippen LogP contribution in [0.1, 0.15) is 56.9 Å². The van der Waals surface area contributed by atoms with Crippen molar-refractivity contribution in [2.75, 3.05) is 19.6 Å². The predicted molar refractivity (Wildman–Crippen MR) is 114 cm³/mol.